The summed E-state index contributed by atoms with van der Waals surface area (Å²) in [5.74, 6) is 1.55. The molecule has 1 fully saturated rings. The predicted molar refractivity (Wildman–Crippen MR) is 69.8 cm³/mol. The maximum absolute atomic E-state index is 11.4. The lowest BCUT2D eigenvalue weighted by Crippen LogP contribution is -2.30. The van der Waals surface area contributed by atoms with E-state index in [0.29, 0.717) is 12.0 Å². The van der Waals surface area contributed by atoms with Crippen molar-refractivity contribution in [3.8, 4) is 0 Å². The number of hydrogen-bond acceptors (Lipinski definition) is 3. The average molecular weight is 243 g/mol. The van der Waals surface area contributed by atoms with Crippen molar-refractivity contribution in [3.63, 3.8) is 0 Å². The van der Waals surface area contributed by atoms with Crippen LogP contribution in [0.1, 0.15) is 27.2 Å². The zero-order valence-corrected chi connectivity index (χ0v) is 11.1. The first-order chi connectivity index (χ1) is 7.61. The molecule has 0 aromatic rings. The van der Waals surface area contributed by atoms with Crippen LogP contribution in [0.4, 0.5) is 0 Å². The Hall–Kier alpha value is -0.710. The van der Waals surface area contributed by atoms with Crippen LogP contribution in [0.15, 0.2) is 4.99 Å². The summed E-state index contributed by atoms with van der Waals surface area (Å²) in [6.07, 6.45) is 1.10. The maximum Gasteiger partial charge on any atom is 0.241 e. The van der Waals surface area contributed by atoms with Gasteiger partial charge in [0.1, 0.15) is 6.54 Å². The van der Waals surface area contributed by atoms with Crippen LogP contribution in [0, 0.1) is 5.92 Å². The van der Waals surface area contributed by atoms with Gasteiger partial charge >= 0.3 is 0 Å². The van der Waals surface area contributed by atoms with Crippen LogP contribution in [0.2, 0.25) is 0 Å². The number of rotatable bonds is 5. The largest absolute Gasteiger partial charge is 0.361 e. The van der Waals surface area contributed by atoms with Gasteiger partial charge in [-0.3, -0.25) is 9.79 Å². The van der Waals surface area contributed by atoms with Crippen LogP contribution in [-0.4, -0.2) is 36.0 Å². The second-order valence-corrected chi connectivity index (χ2v) is 5.39. The molecule has 1 rings (SSSR count). The Morgan fingerprint density at radius 1 is 1.69 bits per heavy atom. The molecule has 1 saturated heterocycles. The molecular formula is C11H21N3OS. The van der Waals surface area contributed by atoms with Crippen molar-refractivity contribution in [2.45, 2.75) is 33.2 Å². The summed E-state index contributed by atoms with van der Waals surface area (Å²) >= 11 is 1.70. The minimum atomic E-state index is 0.00329. The van der Waals surface area contributed by atoms with Gasteiger partial charge in [-0.25, -0.2) is 0 Å². The Labute approximate surface area is 102 Å². The number of nitrogens with one attached hydrogen (secondary N) is 2. The highest BCUT2D eigenvalue weighted by Gasteiger charge is 2.18. The summed E-state index contributed by atoms with van der Waals surface area (Å²) in [4.78, 5) is 15.7. The summed E-state index contributed by atoms with van der Waals surface area (Å²) in [6, 6.07) is 0.516. The molecule has 1 atom stereocenters. The molecule has 0 spiro atoms. The zero-order valence-electron chi connectivity index (χ0n) is 10.2. The van der Waals surface area contributed by atoms with Crippen LogP contribution in [-0.2, 0) is 4.79 Å². The summed E-state index contributed by atoms with van der Waals surface area (Å²) in [5.41, 5.74) is 0. The van der Waals surface area contributed by atoms with Crippen LogP contribution in [0.25, 0.3) is 0 Å². The molecule has 1 heterocycles. The van der Waals surface area contributed by atoms with Crippen molar-refractivity contribution < 1.29 is 4.79 Å². The number of amides is 1. The summed E-state index contributed by atoms with van der Waals surface area (Å²) in [7, 11) is 0. The Morgan fingerprint density at radius 2 is 2.44 bits per heavy atom. The highest BCUT2D eigenvalue weighted by Crippen LogP contribution is 2.15. The predicted octanol–water partition coefficient (Wildman–Crippen LogP) is 1.23. The molecule has 1 aliphatic heterocycles. The van der Waals surface area contributed by atoms with Crippen LogP contribution < -0.4 is 10.6 Å². The highest BCUT2D eigenvalue weighted by atomic mass is 32.2. The topological polar surface area (TPSA) is 53.5 Å². The van der Waals surface area contributed by atoms with Crippen molar-refractivity contribution in [3.05, 3.63) is 0 Å². The van der Waals surface area contributed by atoms with Crippen molar-refractivity contribution >= 4 is 22.8 Å². The van der Waals surface area contributed by atoms with Gasteiger partial charge in [0.15, 0.2) is 5.17 Å². The van der Waals surface area contributed by atoms with E-state index >= 15 is 0 Å². The fraction of sp³-hybridized carbons (Fsp3) is 0.818. The molecule has 0 aromatic carbocycles. The van der Waals surface area contributed by atoms with E-state index in [-0.39, 0.29) is 12.5 Å². The second kappa shape index (κ2) is 6.78. The molecule has 1 unspecified atom stereocenters. The molecule has 5 heteroatoms. The minimum absolute atomic E-state index is 0.00329. The standard InChI is InChI=1S/C11H21N3OS/c1-4-9-7-16-11(14-9)13-6-10(15)12-5-8(2)3/h8-9H,4-7H2,1-3H3,(H,12,15)(H,13,14). The monoisotopic (exact) mass is 243 g/mol. The molecule has 0 aliphatic carbocycles. The Morgan fingerprint density at radius 3 is 3.00 bits per heavy atom. The molecule has 0 aromatic heterocycles. The van der Waals surface area contributed by atoms with E-state index in [9.17, 15) is 4.79 Å². The Bertz CT molecular complexity index is 266. The molecule has 4 nitrogen and oxygen atoms in total. The number of carbonyl (C=O) groups excluding carboxylic acids is 1. The molecule has 0 bridgehead atoms. The highest BCUT2D eigenvalue weighted by molar-refractivity contribution is 8.14. The van der Waals surface area contributed by atoms with Gasteiger partial charge in [0.2, 0.25) is 5.91 Å². The third-order valence-corrected chi connectivity index (χ3v) is 3.40. The van der Waals surface area contributed by atoms with Crippen LogP contribution in [0.3, 0.4) is 0 Å². The SMILES string of the molecule is CCC1CSC(=NCC(=O)NCC(C)C)N1. The van der Waals surface area contributed by atoms with Gasteiger partial charge < -0.3 is 10.6 Å². The molecule has 16 heavy (non-hydrogen) atoms. The van der Waals surface area contributed by atoms with Crippen molar-refractivity contribution in [2.24, 2.45) is 10.9 Å². The van der Waals surface area contributed by atoms with E-state index in [1.165, 1.54) is 0 Å². The molecule has 0 radical (unpaired) electrons. The van der Waals surface area contributed by atoms with Gasteiger partial charge in [0.05, 0.1) is 0 Å². The van der Waals surface area contributed by atoms with E-state index < -0.39 is 0 Å². The first kappa shape index (κ1) is 13.4. The lowest BCUT2D eigenvalue weighted by Gasteiger charge is -2.06. The second-order valence-electron chi connectivity index (χ2n) is 4.38. The molecule has 92 valence electrons. The average Bonchev–Trinajstić information content (AvgIpc) is 2.71. The van der Waals surface area contributed by atoms with Gasteiger partial charge in [-0.15, -0.1) is 0 Å². The molecule has 1 amide bonds. The number of nitrogens with zero attached hydrogens (tertiary/aromatic N) is 1. The quantitative estimate of drug-likeness (QED) is 0.763. The number of thioether (sulfide) groups is 1. The zero-order chi connectivity index (χ0) is 12.0. The van der Waals surface area contributed by atoms with Gasteiger partial charge in [-0.2, -0.15) is 0 Å². The van der Waals surface area contributed by atoms with Crippen molar-refractivity contribution in [1.82, 2.24) is 10.6 Å². The van der Waals surface area contributed by atoms with E-state index in [1.54, 1.807) is 11.8 Å². The van der Waals surface area contributed by atoms with Crippen LogP contribution >= 0.6 is 11.8 Å². The lowest BCUT2D eigenvalue weighted by atomic mass is 10.2. The summed E-state index contributed by atoms with van der Waals surface area (Å²) in [5, 5.41) is 7.05. The normalized spacial score (nSPS) is 22.5. The van der Waals surface area contributed by atoms with Gasteiger partial charge in [-0.05, 0) is 12.3 Å². The molecular weight excluding hydrogens is 222 g/mol. The van der Waals surface area contributed by atoms with E-state index in [1.807, 2.05) is 0 Å². The number of hydrogen-bond donors (Lipinski definition) is 2. The Kier molecular flexibility index (Phi) is 5.66. The molecule has 2 N–H and O–H groups in total. The smallest absolute Gasteiger partial charge is 0.241 e. The fourth-order valence-electron chi connectivity index (χ4n) is 1.27. The third kappa shape index (κ3) is 4.88. The number of carbonyl (C=O) groups is 1. The number of amidine groups is 1. The molecule has 0 saturated carbocycles. The van der Waals surface area contributed by atoms with Crippen molar-refractivity contribution in [2.75, 3.05) is 18.8 Å². The Balaban J connectivity index is 2.23. The minimum Gasteiger partial charge on any atom is -0.361 e. The summed E-state index contributed by atoms with van der Waals surface area (Å²) in [6.45, 7) is 7.26. The first-order valence-corrected chi connectivity index (χ1v) is 6.80. The third-order valence-electron chi connectivity index (χ3n) is 2.32. The van der Waals surface area contributed by atoms with E-state index in [0.717, 1.165) is 23.9 Å². The van der Waals surface area contributed by atoms with E-state index in [2.05, 4.69) is 36.4 Å². The van der Waals surface area contributed by atoms with Crippen molar-refractivity contribution in [1.29, 1.82) is 0 Å². The maximum atomic E-state index is 11.4. The molecule has 1 aliphatic rings. The lowest BCUT2D eigenvalue weighted by molar-refractivity contribution is -0.119. The van der Waals surface area contributed by atoms with E-state index in [4.69, 9.17) is 0 Å². The number of aliphatic imine (C=N–C) groups is 1. The van der Waals surface area contributed by atoms with Crippen LogP contribution in [0.5, 0.6) is 0 Å². The fourth-order valence-corrected chi connectivity index (χ4v) is 2.35. The summed E-state index contributed by atoms with van der Waals surface area (Å²) < 4.78 is 0. The van der Waals surface area contributed by atoms with Gasteiger partial charge in [0, 0.05) is 18.3 Å². The van der Waals surface area contributed by atoms with Gasteiger partial charge in [-0.1, -0.05) is 32.5 Å². The van der Waals surface area contributed by atoms with Gasteiger partial charge in [0.25, 0.3) is 0 Å². The first-order valence-electron chi connectivity index (χ1n) is 5.82.